The summed E-state index contributed by atoms with van der Waals surface area (Å²) in [5.74, 6) is 2.79. The Kier molecular flexibility index (Phi) is 0.454. The van der Waals surface area contributed by atoms with Crippen molar-refractivity contribution in [2.24, 2.45) is 11.1 Å². The van der Waals surface area contributed by atoms with Crippen LogP contribution in [0.2, 0.25) is 0 Å². The Labute approximate surface area is 49.3 Å². The van der Waals surface area contributed by atoms with Gasteiger partial charge in [0.15, 0.2) is 0 Å². The van der Waals surface area contributed by atoms with Gasteiger partial charge in [0.1, 0.15) is 0 Å². The minimum absolute atomic E-state index is 0.187. The van der Waals surface area contributed by atoms with E-state index in [1.165, 1.54) is 0 Å². The SMILES string of the molecule is C#CC12CC(N)(C1)C2. The van der Waals surface area contributed by atoms with Crippen LogP contribution in [-0.2, 0) is 0 Å². The van der Waals surface area contributed by atoms with Gasteiger partial charge in [-0.05, 0) is 19.3 Å². The summed E-state index contributed by atoms with van der Waals surface area (Å²) in [6, 6.07) is 0. The highest BCUT2D eigenvalue weighted by atomic mass is 14.9. The molecule has 0 spiro atoms. The van der Waals surface area contributed by atoms with Gasteiger partial charge in [-0.3, -0.25) is 0 Å². The van der Waals surface area contributed by atoms with Gasteiger partial charge in [0.25, 0.3) is 0 Å². The van der Waals surface area contributed by atoms with Crippen LogP contribution >= 0.6 is 0 Å². The fourth-order valence-electron chi connectivity index (χ4n) is 2.02. The molecule has 1 heteroatoms. The van der Waals surface area contributed by atoms with Crippen molar-refractivity contribution >= 4 is 0 Å². The first kappa shape index (κ1) is 4.40. The van der Waals surface area contributed by atoms with E-state index in [0.717, 1.165) is 19.3 Å². The van der Waals surface area contributed by atoms with Gasteiger partial charge < -0.3 is 5.73 Å². The lowest BCUT2D eigenvalue weighted by molar-refractivity contribution is -0.0806. The topological polar surface area (TPSA) is 26.0 Å². The Morgan fingerprint density at radius 2 is 1.88 bits per heavy atom. The highest BCUT2D eigenvalue weighted by Crippen LogP contribution is 2.65. The van der Waals surface area contributed by atoms with Crippen LogP contribution in [-0.4, -0.2) is 5.54 Å². The van der Waals surface area contributed by atoms with E-state index < -0.39 is 0 Å². The zero-order valence-corrected chi connectivity index (χ0v) is 4.78. The molecule has 3 rings (SSSR count). The van der Waals surface area contributed by atoms with Crippen molar-refractivity contribution in [3.05, 3.63) is 0 Å². The zero-order valence-electron chi connectivity index (χ0n) is 4.78. The van der Waals surface area contributed by atoms with Crippen molar-refractivity contribution < 1.29 is 0 Å². The molecule has 42 valence electrons. The first-order chi connectivity index (χ1) is 3.68. The van der Waals surface area contributed by atoms with E-state index in [-0.39, 0.29) is 11.0 Å². The molecule has 0 atom stereocenters. The van der Waals surface area contributed by atoms with Crippen molar-refractivity contribution in [1.82, 2.24) is 0 Å². The van der Waals surface area contributed by atoms with E-state index in [1.54, 1.807) is 0 Å². The minimum atomic E-state index is 0.187. The van der Waals surface area contributed by atoms with Gasteiger partial charge in [0.05, 0.1) is 0 Å². The molecule has 0 radical (unpaired) electrons. The van der Waals surface area contributed by atoms with Gasteiger partial charge in [0, 0.05) is 11.0 Å². The van der Waals surface area contributed by atoms with Gasteiger partial charge in [-0.25, -0.2) is 0 Å². The van der Waals surface area contributed by atoms with Crippen LogP contribution in [0.25, 0.3) is 0 Å². The monoisotopic (exact) mass is 107 g/mol. The summed E-state index contributed by atoms with van der Waals surface area (Å²) in [4.78, 5) is 0. The second-order valence-electron chi connectivity index (χ2n) is 3.32. The number of nitrogens with two attached hydrogens (primary N) is 1. The summed E-state index contributed by atoms with van der Waals surface area (Å²) in [5.41, 5.74) is 6.21. The maximum absolute atomic E-state index is 5.75. The van der Waals surface area contributed by atoms with Crippen LogP contribution in [0.1, 0.15) is 19.3 Å². The molecular weight excluding hydrogens is 98.1 g/mol. The van der Waals surface area contributed by atoms with Gasteiger partial charge in [-0.1, -0.05) is 5.92 Å². The smallest absolute Gasteiger partial charge is 0.0364 e. The molecule has 3 fully saturated rings. The third-order valence-corrected chi connectivity index (χ3v) is 2.38. The quantitative estimate of drug-likeness (QED) is 0.448. The molecule has 0 heterocycles. The van der Waals surface area contributed by atoms with Crippen molar-refractivity contribution in [1.29, 1.82) is 0 Å². The average molecular weight is 107 g/mol. The Hall–Kier alpha value is -0.480. The van der Waals surface area contributed by atoms with Crippen LogP contribution in [0.4, 0.5) is 0 Å². The molecule has 0 aromatic heterocycles. The maximum Gasteiger partial charge on any atom is 0.0364 e. The van der Waals surface area contributed by atoms with E-state index in [4.69, 9.17) is 12.2 Å². The fraction of sp³-hybridized carbons (Fsp3) is 0.714. The Morgan fingerprint density at radius 3 is 2.00 bits per heavy atom. The second kappa shape index (κ2) is 0.825. The van der Waals surface area contributed by atoms with Crippen LogP contribution in [0, 0.1) is 17.8 Å². The van der Waals surface area contributed by atoms with Crippen molar-refractivity contribution in [3.63, 3.8) is 0 Å². The Bertz CT molecular complexity index is 156. The lowest BCUT2D eigenvalue weighted by atomic mass is 9.40. The number of hydrogen-bond donors (Lipinski definition) is 1. The summed E-state index contributed by atoms with van der Waals surface area (Å²) >= 11 is 0. The predicted octanol–water partition coefficient (Wildman–Crippen LogP) is 0.501. The highest BCUT2D eigenvalue weighted by Gasteiger charge is 2.65. The van der Waals surface area contributed by atoms with Crippen molar-refractivity contribution in [2.45, 2.75) is 24.8 Å². The fourth-order valence-corrected chi connectivity index (χ4v) is 2.02. The highest BCUT2D eigenvalue weighted by molar-refractivity contribution is 5.31. The molecule has 2 N–H and O–H groups in total. The normalized spacial score (nSPS) is 58.0. The number of terminal acetylenes is 1. The molecule has 1 nitrogen and oxygen atoms in total. The summed E-state index contributed by atoms with van der Waals surface area (Å²) in [6.45, 7) is 0. The standard InChI is InChI=1S/C7H9N/c1-2-6-3-7(8,4-6)5-6/h1H,3-5,8H2. The summed E-state index contributed by atoms with van der Waals surface area (Å²) in [7, 11) is 0. The van der Waals surface area contributed by atoms with Crippen LogP contribution in [0.3, 0.4) is 0 Å². The summed E-state index contributed by atoms with van der Waals surface area (Å²) in [5, 5.41) is 0. The Balaban J connectivity index is 2.17. The molecule has 0 saturated heterocycles. The molecule has 0 unspecified atom stereocenters. The first-order valence-electron chi connectivity index (χ1n) is 2.95. The first-order valence-corrected chi connectivity index (χ1v) is 2.95. The lowest BCUT2D eigenvalue weighted by Crippen LogP contribution is -2.71. The van der Waals surface area contributed by atoms with Crippen molar-refractivity contribution in [3.8, 4) is 12.3 Å². The number of hydrogen-bond acceptors (Lipinski definition) is 1. The van der Waals surface area contributed by atoms with Gasteiger partial charge in [0.2, 0.25) is 0 Å². The van der Waals surface area contributed by atoms with E-state index in [9.17, 15) is 0 Å². The van der Waals surface area contributed by atoms with E-state index >= 15 is 0 Å². The molecule has 0 aromatic carbocycles. The molecule has 0 amide bonds. The molecule has 3 saturated carbocycles. The van der Waals surface area contributed by atoms with Crippen LogP contribution < -0.4 is 5.73 Å². The van der Waals surface area contributed by atoms with Crippen LogP contribution in [0.5, 0.6) is 0 Å². The van der Waals surface area contributed by atoms with E-state index in [2.05, 4.69) is 5.92 Å². The molecule has 0 aliphatic heterocycles. The molecule has 2 bridgehead atoms. The van der Waals surface area contributed by atoms with E-state index in [0.29, 0.717) is 0 Å². The third kappa shape index (κ3) is 0.268. The summed E-state index contributed by atoms with van der Waals surface area (Å²) in [6.07, 6.45) is 8.50. The maximum atomic E-state index is 5.75. The van der Waals surface area contributed by atoms with Crippen molar-refractivity contribution in [2.75, 3.05) is 0 Å². The predicted molar refractivity (Wildman–Crippen MR) is 32.0 cm³/mol. The zero-order chi connectivity index (χ0) is 5.83. The molecule has 3 aliphatic rings. The van der Waals surface area contributed by atoms with Gasteiger partial charge in [-0.15, -0.1) is 6.42 Å². The molecule has 8 heavy (non-hydrogen) atoms. The van der Waals surface area contributed by atoms with E-state index in [1.807, 2.05) is 0 Å². The lowest BCUT2D eigenvalue weighted by Gasteiger charge is -2.66. The van der Waals surface area contributed by atoms with Gasteiger partial charge in [-0.2, -0.15) is 0 Å². The minimum Gasteiger partial charge on any atom is -0.325 e. The molecule has 0 aromatic rings. The largest absolute Gasteiger partial charge is 0.325 e. The van der Waals surface area contributed by atoms with Crippen LogP contribution in [0.15, 0.2) is 0 Å². The third-order valence-electron chi connectivity index (χ3n) is 2.38. The van der Waals surface area contributed by atoms with Gasteiger partial charge >= 0.3 is 0 Å². The number of rotatable bonds is 0. The Morgan fingerprint density at radius 1 is 1.38 bits per heavy atom. The average Bonchev–Trinajstić information content (AvgIpc) is 1.55. The molecule has 3 aliphatic carbocycles. The summed E-state index contributed by atoms with van der Waals surface area (Å²) < 4.78 is 0. The second-order valence-corrected chi connectivity index (χ2v) is 3.32. The molecular formula is C7H9N.